The molecule has 4 heterocycles. The molecule has 8 nitrogen and oxygen atoms in total. The molecule has 4 bridgehead atoms. The maximum Gasteiger partial charge on any atom is 0.349 e. The van der Waals surface area contributed by atoms with Crippen molar-refractivity contribution in [2.75, 3.05) is 33.3 Å². The van der Waals surface area contributed by atoms with Crippen LogP contribution >= 0.6 is 0 Å². The summed E-state index contributed by atoms with van der Waals surface area (Å²) in [7, 11) is 0. The lowest BCUT2D eigenvalue weighted by atomic mass is 10.3. The summed E-state index contributed by atoms with van der Waals surface area (Å²) in [4.78, 5) is 29.2. The third-order valence-corrected chi connectivity index (χ3v) is 2.98. The first-order valence-corrected chi connectivity index (χ1v) is 4.42. The molecule has 0 N–H and O–H groups in total. The Labute approximate surface area is 80.0 Å². The van der Waals surface area contributed by atoms with Gasteiger partial charge in [-0.2, -0.15) is 0 Å². The third kappa shape index (κ3) is 0.811. The van der Waals surface area contributed by atoms with Crippen molar-refractivity contribution < 1.29 is 0 Å². The number of hydrogen-bond donors (Lipinski definition) is 0. The maximum atomic E-state index is 10.8. The quantitative estimate of drug-likeness (QED) is 0.539. The molecular weight excluding hydrogens is 188 g/mol. The minimum atomic E-state index is -1.49. The summed E-state index contributed by atoms with van der Waals surface area (Å²) in [6, 6.07) is 0. The van der Waals surface area contributed by atoms with E-state index >= 15 is 0 Å². The molecule has 8 heteroatoms. The first kappa shape index (κ1) is 8.36. The zero-order valence-electron chi connectivity index (χ0n) is 7.54. The Kier molecular flexibility index (Phi) is 1.52. The van der Waals surface area contributed by atoms with Gasteiger partial charge in [0.25, 0.3) is 0 Å². The van der Waals surface area contributed by atoms with E-state index in [0.717, 1.165) is 6.67 Å². The smallest absolute Gasteiger partial charge is 0.264 e. The van der Waals surface area contributed by atoms with E-state index in [1.165, 1.54) is 0 Å². The van der Waals surface area contributed by atoms with Gasteiger partial charge in [-0.3, -0.25) is 9.80 Å². The van der Waals surface area contributed by atoms with Crippen LogP contribution in [0.2, 0.25) is 0 Å². The fourth-order valence-corrected chi connectivity index (χ4v) is 2.43. The fourth-order valence-electron chi connectivity index (χ4n) is 2.43. The largest absolute Gasteiger partial charge is 0.349 e. The topological polar surface area (TPSA) is 71.8 Å². The standard InChI is InChI=1S/C6H10N6O2/c13-7-6(8-14)11-2-9-1-10(4-11)5-12(6)3-9/h1-5H2. The van der Waals surface area contributed by atoms with Crippen molar-refractivity contribution >= 4 is 0 Å². The number of nitroso groups, excluding NO2 is 2. The Morgan fingerprint density at radius 2 is 1.21 bits per heavy atom. The van der Waals surface area contributed by atoms with E-state index < -0.39 is 5.91 Å². The molecule has 0 unspecified atom stereocenters. The summed E-state index contributed by atoms with van der Waals surface area (Å²) in [6.45, 7) is 3.24. The van der Waals surface area contributed by atoms with Crippen molar-refractivity contribution in [2.45, 2.75) is 5.91 Å². The van der Waals surface area contributed by atoms with Crippen LogP contribution in [0.1, 0.15) is 0 Å². The first-order valence-electron chi connectivity index (χ1n) is 4.42. The maximum absolute atomic E-state index is 10.8. The Morgan fingerprint density at radius 3 is 1.57 bits per heavy atom. The summed E-state index contributed by atoms with van der Waals surface area (Å²) in [5, 5.41) is 5.81. The minimum absolute atomic E-state index is 0.588. The Bertz CT molecular complexity index is 256. The van der Waals surface area contributed by atoms with Crippen molar-refractivity contribution in [3.63, 3.8) is 0 Å². The van der Waals surface area contributed by atoms with Crippen LogP contribution in [0, 0.1) is 9.81 Å². The van der Waals surface area contributed by atoms with Gasteiger partial charge in [0, 0.05) is 0 Å². The summed E-state index contributed by atoms with van der Waals surface area (Å²) >= 11 is 0. The molecule has 0 radical (unpaired) electrons. The second kappa shape index (κ2) is 2.54. The lowest BCUT2D eigenvalue weighted by Gasteiger charge is -2.60. The van der Waals surface area contributed by atoms with Gasteiger partial charge in [-0.25, -0.2) is 9.80 Å². The van der Waals surface area contributed by atoms with Crippen molar-refractivity contribution in [3.8, 4) is 0 Å². The van der Waals surface area contributed by atoms with Crippen molar-refractivity contribution in [1.29, 1.82) is 0 Å². The van der Waals surface area contributed by atoms with Gasteiger partial charge >= 0.3 is 5.91 Å². The van der Waals surface area contributed by atoms with Crippen LogP contribution in [0.3, 0.4) is 0 Å². The van der Waals surface area contributed by atoms with E-state index in [1.54, 1.807) is 9.80 Å². The summed E-state index contributed by atoms with van der Waals surface area (Å²) in [6.07, 6.45) is 0. The van der Waals surface area contributed by atoms with Crippen LogP contribution in [0.5, 0.6) is 0 Å². The van der Waals surface area contributed by atoms with Crippen LogP contribution in [-0.4, -0.2) is 58.9 Å². The summed E-state index contributed by atoms with van der Waals surface area (Å²) in [5.74, 6) is -1.49. The third-order valence-electron chi connectivity index (χ3n) is 2.98. The number of rotatable bonds is 2. The highest BCUT2D eigenvalue weighted by atomic mass is 16.3. The molecule has 0 amide bonds. The van der Waals surface area contributed by atoms with Crippen molar-refractivity contribution in [3.05, 3.63) is 9.81 Å². The second-order valence-electron chi connectivity index (χ2n) is 3.91. The molecule has 0 aromatic heterocycles. The average molecular weight is 198 g/mol. The highest BCUT2D eigenvalue weighted by Gasteiger charge is 2.57. The molecule has 0 aromatic carbocycles. The molecule has 4 aliphatic rings. The fraction of sp³-hybridized carbons (Fsp3) is 1.00. The zero-order chi connectivity index (χ0) is 9.76. The Morgan fingerprint density at radius 1 is 0.786 bits per heavy atom. The molecular formula is C6H10N6O2. The second-order valence-corrected chi connectivity index (χ2v) is 3.91. The normalized spacial score (nSPS) is 47.7. The molecule has 0 aromatic rings. The van der Waals surface area contributed by atoms with Gasteiger partial charge in [0.05, 0.1) is 33.3 Å². The van der Waals surface area contributed by atoms with Crippen LogP contribution in [0.4, 0.5) is 0 Å². The SMILES string of the molecule is O=NC1(N=O)N2CN3CN(C2)CN1C3. The van der Waals surface area contributed by atoms with Gasteiger partial charge in [-0.1, -0.05) is 0 Å². The number of nitrogens with zero attached hydrogens (tertiary/aromatic N) is 6. The highest BCUT2D eigenvalue weighted by molar-refractivity contribution is 4.95. The molecule has 4 aliphatic heterocycles. The monoisotopic (exact) mass is 198 g/mol. The van der Waals surface area contributed by atoms with Crippen LogP contribution in [-0.2, 0) is 0 Å². The van der Waals surface area contributed by atoms with Crippen LogP contribution < -0.4 is 0 Å². The average Bonchev–Trinajstić information content (AvgIpc) is 2.18. The van der Waals surface area contributed by atoms with Crippen LogP contribution in [0.25, 0.3) is 0 Å². The van der Waals surface area contributed by atoms with Crippen molar-refractivity contribution in [2.24, 2.45) is 10.4 Å². The zero-order valence-corrected chi connectivity index (χ0v) is 7.54. The molecule has 4 rings (SSSR count). The Balaban J connectivity index is 2.01. The van der Waals surface area contributed by atoms with Gasteiger partial charge in [0.2, 0.25) is 0 Å². The van der Waals surface area contributed by atoms with E-state index in [4.69, 9.17) is 0 Å². The van der Waals surface area contributed by atoms with Gasteiger partial charge in [0.15, 0.2) is 0 Å². The first-order chi connectivity index (χ1) is 6.78. The van der Waals surface area contributed by atoms with Gasteiger partial charge in [-0.15, -0.1) is 9.81 Å². The van der Waals surface area contributed by atoms with E-state index in [2.05, 4.69) is 20.2 Å². The van der Waals surface area contributed by atoms with Gasteiger partial charge in [0.1, 0.15) is 0 Å². The number of hydrogen-bond acceptors (Lipinski definition) is 8. The molecule has 0 aliphatic carbocycles. The van der Waals surface area contributed by atoms with Gasteiger partial charge < -0.3 is 0 Å². The molecule has 4 saturated heterocycles. The van der Waals surface area contributed by atoms with E-state index in [-0.39, 0.29) is 0 Å². The van der Waals surface area contributed by atoms with Gasteiger partial charge in [-0.05, 0) is 10.4 Å². The molecule has 14 heavy (non-hydrogen) atoms. The van der Waals surface area contributed by atoms with E-state index in [9.17, 15) is 9.81 Å². The van der Waals surface area contributed by atoms with E-state index in [0.29, 0.717) is 26.7 Å². The predicted molar refractivity (Wildman–Crippen MR) is 46.0 cm³/mol. The van der Waals surface area contributed by atoms with Crippen molar-refractivity contribution in [1.82, 2.24) is 19.6 Å². The van der Waals surface area contributed by atoms with E-state index in [1.807, 2.05) is 0 Å². The molecule has 0 saturated carbocycles. The molecule has 0 spiro atoms. The molecule has 0 atom stereocenters. The lowest BCUT2D eigenvalue weighted by Crippen LogP contribution is -2.79. The van der Waals surface area contributed by atoms with Crippen LogP contribution in [0.15, 0.2) is 10.4 Å². The predicted octanol–water partition coefficient (Wildman–Crippen LogP) is -0.833. The Hall–Kier alpha value is -0.960. The molecule has 76 valence electrons. The molecule has 4 fully saturated rings. The summed E-state index contributed by atoms with van der Waals surface area (Å²) in [5.41, 5.74) is 0. The summed E-state index contributed by atoms with van der Waals surface area (Å²) < 4.78 is 0. The minimum Gasteiger partial charge on any atom is -0.264 e. The lowest BCUT2D eigenvalue weighted by molar-refractivity contribution is -0.272. The highest BCUT2D eigenvalue weighted by Crippen LogP contribution is 2.35.